The molecule has 140 valence electrons. The third-order valence-electron chi connectivity index (χ3n) is 4.22. The monoisotopic (exact) mass is 376 g/mol. The lowest BCUT2D eigenvalue weighted by Crippen LogP contribution is -2.41. The summed E-state index contributed by atoms with van der Waals surface area (Å²) in [5, 5.41) is 12.0. The Morgan fingerprint density at radius 2 is 1.93 bits per heavy atom. The number of aromatic nitrogens is 2. The van der Waals surface area contributed by atoms with Crippen LogP contribution < -0.4 is 15.0 Å². The fourth-order valence-electron chi connectivity index (χ4n) is 2.86. The summed E-state index contributed by atoms with van der Waals surface area (Å²) in [6.45, 7) is 0.696. The topological polar surface area (TPSA) is 105 Å². The number of ether oxygens (including phenoxy) is 1. The fourth-order valence-corrected chi connectivity index (χ4v) is 2.86. The van der Waals surface area contributed by atoms with E-state index in [-0.39, 0.29) is 11.6 Å². The van der Waals surface area contributed by atoms with Crippen molar-refractivity contribution >= 4 is 23.5 Å². The number of rotatable bonds is 3. The van der Waals surface area contributed by atoms with Crippen LogP contribution in [0.1, 0.15) is 10.4 Å². The number of anilines is 2. The highest BCUT2D eigenvalue weighted by Crippen LogP contribution is 2.33. The molecule has 1 aromatic carbocycles. The van der Waals surface area contributed by atoms with Gasteiger partial charge in [0.25, 0.3) is 0 Å². The van der Waals surface area contributed by atoms with Crippen LogP contribution in [0.5, 0.6) is 5.75 Å². The van der Waals surface area contributed by atoms with Gasteiger partial charge in [-0.2, -0.15) is 0 Å². The molecule has 1 aliphatic heterocycles. The molecule has 0 saturated carbocycles. The maximum absolute atomic E-state index is 12.8. The standard InChI is InChI=1S/C20H16N4O4/c25-19(26)14-10-13(11-21-12-14)16-6-7-17-18(23-16)24(8-9-28-17)20(27)22-15-4-2-1-3-5-15/h1-7,10-12H,8-9H2,(H,22,27)(H,25,26). The molecule has 0 unspecified atom stereocenters. The number of hydrogen-bond donors (Lipinski definition) is 2. The van der Waals surface area contributed by atoms with Gasteiger partial charge in [0, 0.05) is 23.6 Å². The van der Waals surface area contributed by atoms with Crippen LogP contribution in [0, 0.1) is 0 Å². The fraction of sp³-hybridized carbons (Fsp3) is 0.100. The Labute approximate surface area is 160 Å². The number of carbonyl (C=O) groups is 2. The number of nitrogens with one attached hydrogen (secondary N) is 1. The summed E-state index contributed by atoms with van der Waals surface area (Å²) in [7, 11) is 0. The average Bonchev–Trinajstić information content (AvgIpc) is 2.73. The normalized spacial score (nSPS) is 12.6. The number of pyridine rings is 2. The van der Waals surface area contributed by atoms with E-state index in [9.17, 15) is 9.59 Å². The zero-order chi connectivity index (χ0) is 19.5. The van der Waals surface area contributed by atoms with E-state index in [4.69, 9.17) is 9.84 Å². The molecule has 0 aliphatic carbocycles. The van der Waals surface area contributed by atoms with Crippen molar-refractivity contribution in [2.45, 2.75) is 0 Å². The second kappa shape index (κ2) is 7.36. The van der Waals surface area contributed by atoms with Crippen LogP contribution in [0.2, 0.25) is 0 Å². The summed E-state index contributed by atoms with van der Waals surface area (Å²) in [5.41, 5.74) is 1.77. The first-order chi connectivity index (χ1) is 13.6. The maximum atomic E-state index is 12.8. The highest BCUT2D eigenvalue weighted by atomic mass is 16.5. The summed E-state index contributed by atoms with van der Waals surface area (Å²) in [4.78, 5) is 33.9. The highest BCUT2D eigenvalue weighted by molar-refractivity contribution is 6.02. The van der Waals surface area contributed by atoms with Crippen molar-refractivity contribution in [2.75, 3.05) is 23.4 Å². The number of fused-ring (bicyclic) bond motifs is 1. The predicted octanol–water partition coefficient (Wildman–Crippen LogP) is 3.27. The van der Waals surface area contributed by atoms with Crippen LogP contribution in [0.4, 0.5) is 16.3 Å². The number of carbonyl (C=O) groups excluding carboxylic acids is 1. The molecule has 8 heteroatoms. The van der Waals surface area contributed by atoms with Gasteiger partial charge in [0.15, 0.2) is 11.6 Å². The van der Waals surface area contributed by atoms with E-state index in [1.165, 1.54) is 23.4 Å². The maximum Gasteiger partial charge on any atom is 0.337 e. The van der Waals surface area contributed by atoms with Gasteiger partial charge in [-0.15, -0.1) is 0 Å². The van der Waals surface area contributed by atoms with E-state index in [1.54, 1.807) is 24.3 Å². The molecule has 2 amide bonds. The third kappa shape index (κ3) is 3.48. The van der Waals surface area contributed by atoms with E-state index >= 15 is 0 Å². The summed E-state index contributed by atoms with van der Waals surface area (Å²) >= 11 is 0. The molecule has 3 aromatic rings. The van der Waals surface area contributed by atoms with Gasteiger partial charge in [0.05, 0.1) is 17.8 Å². The number of urea groups is 1. The second-order valence-electron chi connectivity index (χ2n) is 6.08. The quantitative estimate of drug-likeness (QED) is 0.727. The van der Waals surface area contributed by atoms with Crippen LogP contribution in [0.25, 0.3) is 11.3 Å². The van der Waals surface area contributed by atoms with Crippen LogP contribution >= 0.6 is 0 Å². The Morgan fingerprint density at radius 3 is 2.71 bits per heavy atom. The SMILES string of the molecule is O=C(O)c1cncc(-c2ccc3c(n2)N(C(=O)Nc2ccccc2)CCO3)c1. The number of para-hydroxylation sites is 1. The molecule has 0 bridgehead atoms. The molecule has 8 nitrogen and oxygen atoms in total. The van der Waals surface area contributed by atoms with Crippen molar-refractivity contribution in [3.63, 3.8) is 0 Å². The Bertz CT molecular complexity index is 1040. The van der Waals surface area contributed by atoms with Crippen LogP contribution in [0.3, 0.4) is 0 Å². The summed E-state index contributed by atoms with van der Waals surface area (Å²) < 4.78 is 5.61. The first-order valence-corrected chi connectivity index (χ1v) is 8.58. The van der Waals surface area contributed by atoms with E-state index < -0.39 is 5.97 Å². The average molecular weight is 376 g/mol. The minimum atomic E-state index is -1.07. The molecular formula is C20H16N4O4. The molecule has 0 radical (unpaired) electrons. The molecule has 3 heterocycles. The molecule has 1 aliphatic rings. The molecular weight excluding hydrogens is 360 g/mol. The lowest BCUT2D eigenvalue weighted by molar-refractivity contribution is 0.0696. The van der Waals surface area contributed by atoms with Crippen molar-refractivity contribution in [3.8, 4) is 17.0 Å². The number of amides is 2. The number of nitrogens with zero attached hydrogens (tertiary/aromatic N) is 3. The van der Waals surface area contributed by atoms with Gasteiger partial charge >= 0.3 is 12.0 Å². The van der Waals surface area contributed by atoms with Gasteiger partial charge in [-0.05, 0) is 30.3 Å². The highest BCUT2D eigenvalue weighted by Gasteiger charge is 2.26. The predicted molar refractivity (Wildman–Crippen MR) is 103 cm³/mol. The van der Waals surface area contributed by atoms with Crippen LogP contribution in [-0.4, -0.2) is 40.2 Å². The Morgan fingerprint density at radius 1 is 1.11 bits per heavy atom. The summed E-state index contributed by atoms with van der Waals surface area (Å²) in [5.74, 6) is -0.210. The second-order valence-corrected chi connectivity index (χ2v) is 6.08. The molecule has 4 rings (SSSR count). The van der Waals surface area contributed by atoms with E-state index in [1.807, 2.05) is 18.2 Å². The van der Waals surface area contributed by atoms with Gasteiger partial charge in [0.1, 0.15) is 6.61 Å². The van der Waals surface area contributed by atoms with Gasteiger partial charge in [-0.3, -0.25) is 9.88 Å². The summed E-state index contributed by atoms with van der Waals surface area (Å²) in [6, 6.07) is 13.7. The number of carboxylic acids is 1. The first-order valence-electron chi connectivity index (χ1n) is 8.58. The first kappa shape index (κ1) is 17.5. The van der Waals surface area contributed by atoms with E-state index in [2.05, 4.69) is 15.3 Å². The lowest BCUT2D eigenvalue weighted by Gasteiger charge is -2.28. The van der Waals surface area contributed by atoms with Crippen molar-refractivity contribution < 1.29 is 19.4 Å². The van der Waals surface area contributed by atoms with Gasteiger partial charge in [-0.25, -0.2) is 14.6 Å². The van der Waals surface area contributed by atoms with Crippen molar-refractivity contribution in [1.29, 1.82) is 0 Å². The van der Waals surface area contributed by atoms with E-state index in [0.29, 0.717) is 41.7 Å². The Balaban J connectivity index is 1.66. The lowest BCUT2D eigenvalue weighted by atomic mass is 10.1. The minimum Gasteiger partial charge on any atom is -0.488 e. The Hall–Kier alpha value is -3.94. The molecule has 2 aromatic heterocycles. The molecule has 0 spiro atoms. The molecule has 0 fully saturated rings. The van der Waals surface area contributed by atoms with Crippen molar-refractivity contribution in [2.24, 2.45) is 0 Å². The summed E-state index contributed by atoms with van der Waals surface area (Å²) in [6.07, 6.45) is 2.80. The molecule has 2 N–H and O–H groups in total. The zero-order valence-electron chi connectivity index (χ0n) is 14.7. The number of carboxylic acid groups (broad SMARTS) is 1. The molecule has 0 saturated heterocycles. The number of hydrogen-bond acceptors (Lipinski definition) is 5. The molecule has 0 atom stereocenters. The van der Waals surface area contributed by atoms with Crippen molar-refractivity contribution in [3.05, 3.63) is 66.5 Å². The van der Waals surface area contributed by atoms with Gasteiger partial charge < -0.3 is 15.2 Å². The van der Waals surface area contributed by atoms with Crippen LogP contribution in [-0.2, 0) is 0 Å². The van der Waals surface area contributed by atoms with Gasteiger partial charge in [-0.1, -0.05) is 18.2 Å². The third-order valence-corrected chi connectivity index (χ3v) is 4.22. The largest absolute Gasteiger partial charge is 0.488 e. The Kier molecular flexibility index (Phi) is 4.59. The number of benzene rings is 1. The number of aromatic carboxylic acids is 1. The molecule has 28 heavy (non-hydrogen) atoms. The van der Waals surface area contributed by atoms with E-state index in [0.717, 1.165) is 0 Å². The van der Waals surface area contributed by atoms with Crippen molar-refractivity contribution in [1.82, 2.24) is 9.97 Å². The smallest absolute Gasteiger partial charge is 0.337 e. The van der Waals surface area contributed by atoms with Crippen LogP contribution in [0.15, 0.2) is 60.9 Å². The minimum absolute atomic E-state index is 0.0620. The zero-order valence-corrected chi connectivity index (χ0v) is 14.7. The van der Waals surface area contributed by atoms with Gasteiger partial charge in [0.2, 0.25) is 0 Å².